The maximum atomic E-state index is 6.12. The van der Waals surface area contributed by atoms with E-state index in [1.54, 1.807) is 20.3 Å². The van der Waals surface area contributed by atoms with Crippen LogP contribution < -0.4 is 5.73 Å². The van der Waals surface area contributed by atoms with Crippen LogP contribution in [0.25, 0.3) is 0 Å². The molecule has 2 N–H and O–H groups in total. The van der Waals surface area contributed by atoms with Crippen LogP contribution in [0.1, 0.15) is 18.5 Å². The molecular formula is C15H24Cl2N2O2. The highest BCUT2D eigenvalue weighted by atomic mass is 35.5. The zero-order valence-electron chi connectivity index (χ0n) is 12.8. The summed E-state index contributed by atoms with van der Waals surface area (Å²) in [6.45, 7) is 4.62. The molecular weight excluding hydrogens is 311 g/mol. The molecule has 0 aliphatic carbocycles. The van der Waals surface area contributed by atoms with Crippen LogP contribution in [0.15, 0.2) is 18.2 Å². The molecule has 0 heterocycles. The first-order valence-corrected chi connectivity index (χ1v) is 7.69. The second kappa shape index (κ2) is 9.62. The average Bonchev–Trinajstić information content (AvgIpc) is 2.47. The monoisotopic (exact) mass is 334 g/mol. The Balaban J connectivity index is 3.00. The van der Waals surface area contributed by atoms with Gasteiger partial charge in [-0.15, -0.1) is 0 Å². The lowest BCUT2D eigenvalue weighted by Crippen LogP contribution is -2.43. The summed E-state index contributed by atoms with van der Waals surface area (Å²) in [5.41, 5.74) is 7.05. The van der Waals surface area contributed by atoms with Crippen LogP contribution in [0.5, 0.6) is 0 Å². The molecule has 0 fully saturated rings. The molecule has 0 amide bonds. The van der Waals surface area contributed by atoms with Crippen LogP contribution in [-0.2, 0) is 9.47 Å². The van der Waals surface area contributed by atoms with E-state index < -0.39 is 0 Å². The van der Waals surface area contributed by atoms with Crippen molar-refractivity contribution in [1.29, 1.82) is 0 Å². The van der Waals surface area contributed by atoms with Crippen molar-refractivity contribution in [2.75, 3.05) is 40.5 Å². The van der Waals surface area contributed by atoms with Crippen LogP contribution in [0.4, 0.5) is 0 Å². The number of rotatable bonds is 9. The number of hydrogen-bond donors (Lipinski definition) is 1. The molecule has 2 atom stereocenters. The van der Waals surface area contributed by atoms with E-state index in [1.165, 1.54) is 0 Å². The predicted octanol–water partition coefficient (Wildman–Crippen LogP) is 2.98. The molecule has 1 rings (SSSR count). The first kappa shape index (κ1) is 18.7. The van der Waals surface area contributed by atoms with E-state index in [-0.39, 0.29) is 12.1 Å². The lowest BCUT2D eigenvalue weighted by molar-refractivity contribution is 0.0487. The Bertz CT molecular complexity index is 432. The van der Waals surface area contributed by atoms with Crippen molar-refractivity contribution in [3.8, 4) is 0 Å². The molecule has 120 valence electrons. The zero-order chi connectivity index (χ0) is 15.8. The highest BCUT2D eigenvalue weighted by molar-refractivity contribution is 6.42. The standard InChI is InChI=1S/C15H24Cl2N2O2/c1-11(10-21-3)19(6-7-20-2)15(9-18)12-4-5-13(16)14(17)8-12/h4-5,8,11,15H,6-7,9-10,18H2,1-3H3. The molecule has 0 spiro atoms. The normalized spacial score (nSPS) is 14.4. The van der Waals surface area contributed by atoms with Crippen molar-refractivity contribution >= 4 is 23.2 Å². The first-order valence-electron chi connectivity index (χ1n) is 6.93. The molecule has 0 radical (unpaired) electrons. The molecule has 0 aromatic heterocycles. The van der Waals surface area contributed by atoms with Crippen LogP contribution >= 0.6 is 23.2 Å². The van der Waals surface area contributed by atoms with Gasteiger partial charge in [0.15, 0.2) is 0 Å². The minimum atomic E-state index is 0.0417. The van der Waals surface area contributed by atoms with Crippen LogP contribution in [0.2, 0.25) is 10.0 Å². The summed E-state index contributed by atoms with van der Waals surface area (Å²) in [5, 5.41) is 1.09. The van der Waals surface area contributed by atoms with Crippen molar-refractivity contribution in [1.82, 2.24) is 4.90 Å². The topological polar surface area (TPSA) is 47.7 Å². The molecule has 0 aliphatic heterocycles. The molecule has 1 aromatic carbocycles. The number of ether oxygens (including phenoxy) is 2. The van der Waals surface area contributed by atoms with E-state index in [1.807, 2.05) is 12.1 Å². The Morgan fingerprint density at radius 2 is 1.90 bits per heavy atom. The molecule has 4 nitrogen and oxygen atoms in total. The van der Waals surface area contributed by atoms with Crippen molar-refractivity contribution in [2.45, 2.75) is 19.0 Å². The Morgan fingerprint density at radius 1 is 1.19 bits per heavy atom. The van der Waals surface area contributed by atoms with Gasteiger partial charge in [0.2, 0.25) is 0 Å². The van der Waals surface area contributed by atoms with Crippen LogP contribution in [0.3, 0.4) is 0 Å². The van der Waals surface area contributed by atoms with Crippen molar-refractivity contribution in [3.63, 3.8) is 0 Å². The average molecular weight is 335 g/mol. The van der Waals surface area contributed by atoms with Gasteiger partial charge in [-0.25, -0.2) is 0 Å². The number of nitrogens with zero attached hydrogens (tertiary/aromatic N) is 1. The fourth-order valence-electron chi connectivity index (χ4n) is 2.40. The third kappa shape index (κ3) is 5.40. The summed E-state index contributed by atoms with van der Waals surface area (Å²) in [6, 6.07) is 5.90. The maximum Gasteiger partial charge on any atom is 0.0615 e. The molecule has 0 bridgehead atoms. The summed E-state index contributed by atoms with van der Waals surface area (Å²) in [6.07, 6.45) is 0. The summed E-state index contributed by atoms with van der Waals surface area (Å²) >= 11 is 12.1. The summed E-state index contributed by atoms with van der Waals surface area (Å²) in [7, 11) is 3.39. The Hall–Kier alpha value is -0.360. The molecule has 21 heavy (non-hydrogen) atoms. The fraction of sp³-hybridized carbons (Fsp3) is 0.600. The second-order valence-corrected chi connectivity index (χ2v) is 5.77. The van der Waals surface area contributed by atoms with Gasteiger partial charge in [0.25, 0.3) is 0 Å². The van der Waals surface area contributed by atoms with Gasteiger partial charge in [0.05, 0.1) is 23.3 Å². The number of methoxy groups -OCH3 is 2. The van der Waals surface area contributed by atoms with E-state index in [9.17, 15) is 0 Å². The van der Waals surface area contributed by atoms with Crippen molar-refractivity contribution in [2.24, 2.45) is 5.73 Å². The Labute approximate surface area is 137 Å². The van der Waals surface area contributed by atoms with Gasteiger partial charge in [-0.05, 0) is 24.6 Å². The SMILES string of the molecule is COCCN(C(C)COC)C(CN)c1ccc(Cl)c(Cl)c1. The maximum absolute atomic E-state index is 6.12. The molecule has 1 aromatic rings. The third-order valence-electron chi connectivity index (χ3n) is 3.48. The van der Waals surface area contributed by atoms with E-state index >= 15 is 0 Å². The van der Waals surface area contributed by atoms with Crippen molar-refractivity contribution < 1.29 is 9.47 Å². The Kier molecular flexibility index (Phi) is 8.56. The fourth-order valence-corrected chi connectivity index (χ4v) is 2.71. The van der Waals surface area contributed by atoms with E-state index in [4.69, 9.17) is 38.4 Å². The van der Waals surface area contributed by atoms with Gasteiger partial charge in [-0.2, -0.15) is 0 Å². The molecule has 0 saturated carbocycles. The van der Waals surface area contributed by atoms with E-state index in [2.05, 4.69) is 11.8 Å². The molecule has 6 heteroatoms. The van der Waals surface area contributed by atoms with Gasteiger partial charge < -0.3 is 15.2 Å². The minimum absolute atomic E-state index is 0.0417. The number of benzene rings is 1. The number of hydrogen-bond acceptors (Lipinski definition) is 4. The van der Waals surface area contributed by atoms with Crippen molar-refractivity contribution in [3.05, 3.63) is 33.8 Å². The van der Waals surface area contributed by atoms with Gasteiger partial charge in [-0.1, -0.05) is 29.3 Å². The second-order valence-electron chi connectivity index (χ2n) is 4.96. The zero-order valence-corrected chi connectivity index (χ0v) is 14.3. The lowest BCUT2D eigenvalue weighted by Gasteiger charge is -2.36. The van der Waals surface area contributed by atoms with Gasteiger partial charge in [-0.3, -0.25) is 4.90 Å². The lowest BCUT2D eigenvalue weighted by atomic mass is 10.0. The van der Waals surface area contributed by atoms with E-state index in [0.717, 1.165) is 12.1 Å². The van der Waals surface area contributed by atoms with Crippen LogP contribution in [0, 0.1) is 0 Å². The number of halogens is 2. The quantitative estimate of drug-likeness (QED) is 0.754. The largest absolute Gasteiger partial charge is 0.383 e. The first-order chi connectivity index (χ1) is 10.0. The smallest absolute Gasteiger partial charge is 0.0615 e. The molecule has 0 saturated heterocycles. The summed E-state index contributed by atoms with van der Waals surface area (Å²) < 4.78 is 10.5. The van der Waals surface area contributed by atoms with Gasteiger partial charge >= 0.3 is 0 Å². The summed E-state index contributed by atoms with van der Waals surface area (Å²) in [4.78, 5) is 2.27. The Morgan fingerprint density at radius 3 is 2.43 bits per heavy atom. The van der Waals surface area contributed by atoms with E-state index in [0.29, 0.717) is 29.8 Å². The highest BCUT2D eigenvalue weighted by Crippen LogP contribution is 2.29. The number of nitrogens with two attached hydrogens (primary N) is 1. The van der Waals surface area contributed by atoms with Gasteiger partial charge in [0, 0.05) is 39.4 Å². The molecule has 0 aliphatic rings. The minimum Gasteiger partial charge on any atom is -0.383 e. The van der Waals surface area contributed by atoms with Gasteiger partial charge in [0.1, 0.15) is 0 Å². The predicted molar refractivity (Wildman–Crippen MR) is 88.2 cm³/mol. The molecule has 2 unspecified atom stereocenters. The third-order valence-corrected chi connectivity index (χ3v) is 4.22. The van der Waals surface area contributed by atoms with Crippen LogP contribution in [-0.4, -0.2) is 51.5 Å². The highest BCUT2D eigenvalue weighted by Gasteiger charge is 2.24. The summed E-state index contributed by atoms with van der Waals surface area (Å²) in [5.74, 6) is 0.